The molecule has 0 aliphatic carbocycles. The Morgan fingerprint density at radius 2 is 1.88 bits per heavy atom. The minimum absolute atomic E-state index is 0.00774. The largest absolute Gasteiger partial charge is 0.395 e. The summed E-state index contributed by atoms with van der Waals surface area (Å²) in [6.45, 7) is 3.16. The van der Waals surface area contributed by atoms with E-state index < -0.39 is 0 Å². The monoisotopic (exact) mass is 455 g/mol. The van der Waals surface area contributed by atoms with Gasteiger partial charge in [-0.1, -0.05) is 30.3 Å². The molecule has 0 unspecified atom stereocenters. The SMILES string of the molecule is OCCn1cnc2c(-c3cnc4[nH]ccc4c3Cc3ccccc3)nc(N3CCOCC3)nc21. The van der Waals surface area contributed by atoms with E-state index in [0.29, 0.717) is 36.9 Å². The van der Waals surface area contributed by atoms with Crippen LogP contribution in [0.25, 0.3) is 33.5 Å². The van der Waals surface area contributed by atoms with Crippen LogP contribution in [0, 0.1) is 0 Å². The number of rotatable bonds is 6. The van der Waals surface area contributed by atoms with Gasteiger partial charge in [0.1, 0.15) is 16.9 Å². The van der Waals surface area contributed by atoms with Crippen LogP contribution >= 0.6 is 0 Å². The van der Waals surface area contributed by atoms with E-state index in [1.165, 1.54) is 5.56 Å². The highest BCUT2D eigenvalue weighted by Crippen LogP contribution is 2.34. The van der Waals surface area contributed by atoms with Crippen molar-refractivity contribution in [1.82, 2.24) is 29.5 Å². The molecule has 9 nitrogen and oxygen atoms in total. The highest BCUT2D eigenvalue weighted by atomic mass is 16.5. The number of fused-ring (bicyclic) bond motifs is 2. The number of aliphatic hydroxyl groups is 1. The molecule has 172 valence electrons. The minimum Gasteiger partial charge on any atom is -0.395 e. The van der Waals surface area contributed by atoms with E-state index in [1.807, 2.05) is 23.0 Å². The highest BCUT2D eigenvalue weighted by molar-refractivity contribution is 5.94. The zero-order valence-corrected chi connectivity index (χ0v) is 18.7. The number of ether oxygens (including phenoxy) is 1. The number of hydrogen-bond donors (Lipinski definition) is 2. The first-order valence-corrected chi connectivity index (χ1v) is 11.5. The van der Waals surface area contributed by atoms with E-state index in [9.17, 15) is 5.11 Å². The van der Waals surface area contributed by atoms with Gasteiger partial charge < -0.3 is 24.3 Å². The van der Waals surface area contributed by atoms with Crippen LogP contribution in [0.2, 0.25) is 0 Å². The second kappa shape index (κ2) is 8.85. The van der Waals surface area contributed by atoms with E-state index >= 15 is 0 Å². The summed E-state index contributed by atoms with van der Waals surface area (Å²) in [6.07, 6.45) is 6.26. The van der Waals surface area contributed by atoms with E-state index in [0.717, 1.165) is 47.4 Å². The van der Waals surface area contributed by atoms with Gasteiger partial charge in [0.15, 0.2) is 5.65 Å². The van der Waals surface area contributed by atoms with Gasteiger partial charge in [-0.2, -0.15) is 4.98 Å². The first kappa shape index (κ1) is 20.8. The molecular formula is C25H25N7O2. The van der Waals surface area contributed by atoms with Crippen molar-refractivity contribution < 1.29 is 9.84 Å². The highest BCUT2D eigenvalue weighted by Gasteiger charge is 2.23. The maximum Gasteiger partial charge on any atom is 0.228 e. The fourth-order valence-corrected chi connectivity index (χ4v) is 4.55. The van der Waals surface area contributed by atoms with Gasteiger partial charge in [0.25, 0.3) is 0 Å². The van der Waals surface area contributed by atoms with Crippen molar-refractivity contribution in [2.75, 3.05) is 37.8 Å². The van der Waals surface area contributed by atoms with Gasteiger partial charge in [-0.15, -0.1) is 0 Å². The van der Waals surface area contributed by atoms with Crippen molar-refractivity contribution in [3.8, 4) is 11.3 Å². The standard InChI is InChI=1S/C25H25N7O2/c33-11-8-32-16-28-22-21(29-25(30-24(22)32)31-9-12-34-13-10-31)20-15-27-23-18(6-7-26-23)19(20)14-17-4-2-1-3-5-17/h1-7,15-16,33H,8-14H2,(H,26,27). The number of morpholine rings is 1. The lowest BCUT2D eigenvalue weighted by Gasteiger charge is -2.27. The number of anilines is 1. The van der Waals surface area contributed by atoms with E-state index in [4.69, 9.17) is 14.7 Å². The smallest absolute Gasteiger partial charge is 0.228 e. The zero-order chi connectivity index (χ0) is 22.9. The average molecular weight is 456 g/mol. The maximum atomic E-state index is 9.57. The van der Waals surface area contributed by atoms with Crippen LogP contribution in [0.5, 0.6) is 0 Å². The second-order valence-electron chi connectivity index (χ2n) is 8.36. The Balaban J connectivity index is 1.58. The number of aliphatic hydroxyl groups excluding tert-OH is 1. The molecule has 0 atom stereocenters. The van der Waals surface area contributed by atoms with Gasteiger partial charge in [0.2, 0.25) is 5.95 Å². The summed E-state index contributed by atoms with van der Waals surface area (Å²) in [4.78, 5) is 24.6. The molecule has 6 rings (SSSR count). The zero-order valence-electron chi connectivity index (χ0n) is 18.7. The third-order valence-corrected chi connectivity index (χ3v) is 6.26. The summed E-state index contributed by atoms with van der Waals surface area (Å²) < 4.78 is 7.41. The van der Waals surface area contributed by atoms with Crippen LogP contribution < -0.4 is 4.90 Å². The van der Waals surface area contributed by atoms with Gasteiger partial charge in [0, 0.05) is 43.0 Å². The topological polar surface area (TPSA) is 105 Å². The summed E-state index contributed by atoms with van der Waals surface area (Å²) in [5.74, 6) is 0.644. The molecule has 0 saturated carbocycles. The Morgan fingerprint density at radius 1 is 1.03 bits per heavy atom. The summed E-state index contributed by atoms with van der Waals surface area (Å²) in [5, 5.41) is 10.6. The Morgan fingerprint density at radius 3 is 2.71 bits per heavy atom. The van der Waals surface area contributed by atoms with Crippen molar-refractivity contribution in [3.63, 3.8) is 0 Å². The van der Waals surface area contributed by atoms with Crippen LogP contribution in [0.4, 0.5) is 5.95 Å². The van der Waals surface area contributed by atoms with Gasteiger partial charge >= 0.3 is 0 Å². The maximum absolute atomic E-state index is 9.57. The first-order chi connectivity index (χ1) is 16.8. The molecule has 0 spiro atoms. The van der Waals surface area contributed by atoms with Crippen LogP contribution in [0.15, 0.2) is 55.1 Å². The normalized spacial score (nSPS) is 14.3. The van der Waals surface area contributed by atoms with Crippen LogP contribution in [-0.4, -0.2) is 67.5 Å². The number of nitrogens with zero attached hydrogens (tertiary/aromatic N) is 6. The third kappa shape index (κ3) is 3.68. The van der Waals surface area contributed by atoms with Crippen LogP contribution in [0.3, 0.4) is 0 Å². The lowest BCUT2D eigenvalue weighted by atomic mass is 9.96. The number of aromatic nitrogens is 6. The molecule has 9 heteroatoms. The van der Waals surface area contributed by atoms with Gasteiger partial charge in [-0.3, -0.25) is 0 Å². The first-order valence-electron chi connectivity index (χ1n) is 11.5. The van der Waals surface area contributed by atoms with Crippen molar-refractivity contribution in [3.05, 3.63) is 66.2 Å². The molecule has 1 aliphatic rings. The Kier molecular flexibility index (Phi) is 5.40. The Labute approximate surface area is 196 Å². The van der Waals surface area contributed by atoms with E-state index in [2.05, 4.69) is 50.2 Å². The predicted octanol–water partition coefficient (Wildman–Crippen LogP) is 2.79. The molecule has 34 heavy (non-hydrogen) atoms. The average Bonchev–Trinajstić information content (AvgIpc) is 3.53. The quantitative estimate of drug-likeness (QED) is 0.406. The van der Waals surface area contributed by atoms with E-state index in [1.54, 1.807) is 6.33 Å². The number of benzene rings is 1. The number of imidazole rings is 1. The van der Waals surface area contributed by atoms with Crippen LogP contribution in [0.1, 0.15) is 11.1 Å². The molecular weight excluding hydrogens is 430 g/mol. The van der Waals surface area contributed by atoms with Crippen molar-refractivity contribution in [2.24, 2.45) is 0 Å². The van der Waals surface area contributed by atoms with Gasteiger partial charge in [-0.25, -0.2) is 15.0 Å². The number of pyridine rings is 1. The molecule has 1 fully saturated rings. The molecule has 1 aromatic carbocycles. The molecule has 4 aromatic heterocycles. The molecule has 0 radical (unpaired) electrons. The lowest BCUT2D eigenvalue weighted by molar-refractivity contribution is 0.122. The number of hydrogen-bond acceptors (Lipinski definition) is 7. The fraction of sp³-hybridized carbons (Fsp3) is 0.280. The van der Waals surface area contributed by atoms with Gasteiger partial charge in [0.05, 0.1) is 26.1 Å². The lowest BCUT2D eigenvalue weighted by Crippen LogP contribution is -2.37. The van der Waals surface area contributed by atoms with Gasteiger partial charge in [-0.05, 0) is 23.6 Å². The number of nitrogens with one attached hydrogen (secondary N) is 1. The van der Waals surface area contributed by atoms with Crippen molar-refractivity contribution in [1.29, 1.82) is 0 Å². The third-order valence-electron chi connectivity index (χ3n) is 6.26. The second-order valence-corrected chi connectivity index (χ2v) is 8.36. The summed E-state index contributed by atoms with van der Waals surface area (Å²) in [7, 11) is 0. The fourth-order valence-electron chi connectivity index (χ4n) is 4.55. The number of H-pyrrole nitrogens is 1. The molecule has 5 heterocycles. The van der Waals surface area contributed by atoms with Crippen molar-refractivity contribution in [2.45, 2.75) is 13.0 Å². The molecule has 2 N–H and O–H groups in total. The van der Waals surface area contributed by atoms with Crippen molar-refractivity contribution >= 4 is 28.1 Å². The summed E-state index contributed by atoms with van der Waals surface area (Å²) in [5.41, 5.74) is 6.30. The molecule has 0 amide bonds. The Bertz CT molecular complexity index is 1440. The number of aromatic amines is 1. The molecule has 5 aromatic rings. The summed E-state index contributed by atoms with van der Waals surface area (Å²) >= 11 is 0. The van der Waals surface area contributed by atoms with Crippen LogP contribution in [-0.2, 0) is 17.7 Å². The van der Waals surface area contributed by atoms with E-state index in [-0.39, 0.29) is 6.61 Å². The predicted molar refractivity (Wildman–Crippen MR) is 130 cm³/mol. The molecule has 0 bridgehead atoms. The molecule has 1 saturated heterocycles. The molecule has 1 aliphatic heterocycles. The Hall–Kier alpha value is -3.82. The summed E-state index contributed by atoms with van der Waals surface area (Å²) in [6, 6.07) is 12.5. The minimum atomic E-state index is 0.00774.